The molecule has 2 aromatic heterocycles. The molecule has 1 aromatic carbocycles. The Balaban J connectivity index is 1.56. The van der Waals surface area contributed by atoms with Crippen molar-refractivity contribution < 1.29 is 4.79 Å². The minimum absolute atomic E-state index is 0.102. The van der Waals surface area contributed by atoms with Crippen LogP contribution in [-0.2, 0) is 17.9 Å². The van der Waals surface area contributed by atoms with Crippen LogP contribution in [0.4, 0.5) is 5.69 Å². The van der Waals surface area contributed by atoms with E-state index >= 15 is 0 Å². The van der Waals surface area contributed by atoms with E-state index in [1.165, 1.54) is 4.57 Å². The van der Waals surface area contributed by atoms with Crippen LogP contribution < -0.4 is 16.1 Å². The van der Waals surface area contributed by atoms with Crippen LogP contribution >= 0.6 is 0 Å². The molecular weight excluding hydrogens is 432 g/mol. The number of amides is 1. The van der Waals surface area contributed by atoms with Crippen LogP contribution in [0.15, 0.2) is 52.3 Å². The summed E-state index contributed by atoms with van der Waals surface area (Å²) in [4.78, 5) is 47.5. The van der Waals surface area contributed by atoms with E-state index in [2.05, 4.69) is 4.98 Å². The second-order valence-electron chi connectivity index (χ2n) is 8.78. The van der Waals surface area contributed by atoms with Gasteiger partial charge < -0.3 is 14.4 Å². The van der Waals surface area contributed by atoms with Gasteiger partial charge in [0, 0.05) is 51.7 Å². The van der Waals surface area contributed by atoms with Crippen molar-refractivity contribution in [3.63, 3.8) is 0 Å². The maximum Gasteiger partial charge on any atom is 0.335 e. The molecule has 34 heavy (non-hydrogen) atoms. The fraction of sp³-hybridized carbons (Fsp3) is 0.440. The average Bonchev–Trinajstić information content (AvgIpc) is 3.24. The van der Waals surface area contributed by atoms with Gasteiger partial charge in [0.25, 0.3) is 5.56 Å². The zero-order chi connectivity index (χ0) is 24.4. The van der Waals surface area contributed by atoms with Crippen molar-refractivity contribution in [1.29, 1.82) is 0 Å². The van der Waals surface area contributed by atoms with Gasteiger partial charge in [-0.2, -0.15) is 0 Å². The van der Waals surface area contributed by atoms with Gasteiger partial charge in [0.1, 0.15) is 11.5 Å². The first-order valence-electron chi connectivity index (χ1n) is 11.8. The number of hydrogen-bond donors (Lipinski definition) is 0. The van der Waals surface area contributed by atoms with Crippen molar-refractivity contribution in [3.05, 3.63) is 75.1 Å². The van der Waals surface area contributed by atoms with Crippen LogP contribution in [0.5, 0.6) is 0 Å². The lowest BCUT2D eigenvalue weighted by Gasteiger charge is -2.37. The number of rotatable bonds is 6. The fourth-order valence-electron chi connectivity index (χ4n) is 4.70. The van der Waals surface area contributed by atoms with E-state index in [0.717, 1.165) is 11.5 Å². The van der Waals surface area contributed by atoms with Crippen LogP contribution in [0.2, 0.25) is 0 Å². The third kappa shape index (κ3) is 4.30. The van der Waals surface area contributed by atoms with Crippen LogP contribution in [0, 0.1) is 19.8 Å². The molecule has 4 rings (SSSR count). The molecule has 1 atom stereocenters. The van der Waals surface area contributed by atoms with Crippen molar-refractivity contribution in [2.45, 2.75) is 40.8 Å². The molecule has 1 amide bonds. The average molecular weight is 465 g/mol. The predicted octanol–water partition coefficient (Wildman–Crippen LogP) is 1.82. The first-order chi connectivity index (χ1) is 16.3. The number of para-hydroxylation sites is 1. The summed E-state index contributed by atoms with van der Waals surface area (Å²) in [6.07, 6.45) is 3.63. The maximum absolute atomic E-state index is 13.3. The van der Waals surface area contributed by atoms with Crippen LogP contribution in [0.3, 0.4) is 0 Å². The second kappa shape index (κ2) is 9.70. The first-order valence-corrected chi connectivity index (χ1v) is 11.8. The van der Waals surface area contributed by atoms with E-state index in [0.29, 0.717) is 50.6 Å². The van der Waals surface area contributed by atoms with Gasteiger partial charge in [-0.25, -0.2) is 9.78 Å². The van der Waals surface area contributed by atoms with E-state index < -0.39 is 0 Å². The summed E-state index contributed by atoms with van der Waals surface area (Å²) in [5.41, 5.74) is 1.26. The highest BCUT2D eigenvalue weighted by atomic mass is 16.2. The molecule has 180 valence electrons. The van der Waals surface area contributed by atoms with Crippen molar-refractivity contribution >= 4 is 11.6 Å². The number of carbonyl (C=O) groups is 1. The SMILES string of the molecule is CCn1c(=O)c(N2CCN(C(=O)C(C)Cn3ccnc3C)CC2)c(C)n(-c2ccccc2)c1=O. The van der Waals surface area contributed by atoms with Gasteiger partial charge >= 0.3 is 5.69 Å². The summed E-state index contributed by atoms with van der Waals surface area (Å²) in [6, 6.07) is 9.37. The zero-order valence-corrected chi connectivity index (χ0v) is 20.3. The summed E-state index contributed by atoms with van der Waals surface area (Å²) in [5, 5.41) is 0. The molecule has 1 saturated heterocycles. The molecule has 3 aromatic rings. The molecule has 1 aliphatic rings. The summed E-state index contributed by atoms with van der Waals surface area (Å²) < 4.78 is 4.87. The molecule has 9 heteroatoms. The minimum atomic E-state index is -0.336. The van der Waals surface area contributed by atoms with Gasteiger partial charge in [0.05, 0.1) is 17.3 Å². The van der Waals surface area contributed by atoms with E-state index in [1.54, 1.807) is 17.7 Å². The van der Waals surface area contributed by atoms with Crippen molar-refractivity contribution in [2.24, 2.45) is 5.92 Å². The molecule has 0 N–H and O–H groups in total. The number of imidazole rings is 1. The number of piperazine rings is 1. The molecule has 9 nitrogen and oxygen atoms in total. The summed E-state index contributed by atoms with van der Waals surface area (Å²) in [6.45, 7) is 10.5. The Morgan fingerprint density at radius 1 is 1.06 bits per heavy atom. The lowest BCUT2D eigenvalue weighted by molar-refractivity contribution is -0.135. The monoisotopic (exact) mass is 464 g/mol. The highest BCUT2D eigenvalue weighted by Gasteiger charge is 2.28. The maximum atomic E-state index is 13.3. The zero-order valence-electron chi connectivity index (χ0n) is 20.3. The molecule has 0 aliphatic carbocycles. The first kappa shape index (κ1) is 23.5. The quantitative estimate of drug-likeness (QED) is 0.556. The Hall–Kier alpha value is -3.62. The van der Waals surface area contributed by atoms with Gasteiger partial charge in [-0.1, -0.05) is 25.1 Å². The van der Waals surface area contributed by atoms with E-state index in [4.69, 9.17) is 0 Å². The predicted molar refractivity (Wildman–Crippen MR) is 132 cm³/mol. The topological polar surface area (TPSA) is 85.4 Å². The number of anilines is 1. The third-order valence-electron chi connectivity index (χ3n) is 6.60. The standard InChI is InChI=1S/C25H32N6O3/c1-5-30-24(33)22(19(3)31(25(30)34)21-9-7-6-8-10-21)27-13-15-28(16-14-27)23(32)18(2)17-29-12-11-26-20(29)4/h6-12,18H,5,13-17H2,1-4H3. The summed E-state index contributed by atoms with van der Waals surface area (Å²) in [7, 11) is 0. The Morgan fingerprint density at radius 2 is 1.74 bits per heavy atom. The Kier molecular flexibility index (Phi) is 6.72. The Morgan fingerprint density at radius 3 is 2.32 bits per heavy atom. The molecular formula is C25H32N6O3. The van der Waals surface area contributed by atoms with Crippen LogP contribution in [-0.4, -0.2) is 55.7 Å². The molecule has 1 unspecified atom stereocenters. The lowest BCUT2D eigenvalue weighted by Crippen LogP contribution is -2.53. The van der Waals surface area contributed by atoms with E-state index in [1.807, 2.05) is 71.7 Å². The minimum Gasteiger partial charge on any atom is -0.362 e. The number of nitrogens with zero attached hydrogens (tertiary/aromatic N) is 6. The number of aryl methyl sites for hydroxylation is 1. The van der Waals surface area contributed by atoms with Crippen molar-refractivity contribution in [3.8, 4) is 5.69 Å². The van der Waals surface area contributed by atoms with E-state index in [-0.39, 0.29) is 23.1 Å². The third-order valence-corrected chi connectivity index (χ3v) is 6.60. The summed E-state index contributed by atoms with van der Waals surface area (Å²) in [5.74, 6) is 0.823. The smallest absolute Gasteiger partial charge is 0.335 e. The largest absolute Gasteiger partial charge is 0.362 e. The van der Waals surface area contributed by atoms with Gasteiger partial charge in [-0.15, -0.1) is 0 Å². The molecule has 0 spiro atoms. The molecule has 0 bridgehead atoms. The molecule has 1 fully saturated rings. The Bertz CT molecular complexity index is 1280. The van der Waals surface area contributed by atoms with Crippen LogP contribution in [0.1, 0.15) is 25.4 Å². The molecule has 1 aliphatic heterocycles. The van der Waals surface area contributed by atoms with Gasteiger partial charge in [-0.3, -0.25) is 18.7 Å². The number of carbonyl (C=O) groups excluding carboxylic acids is 1. The van der Waals surface area contributed by atoms with Gasteiger partial charge in [0.15, 0.2) is 0 Å². The molecule has 0 radical (unpaired) electrons. The molecule has 3 heterocycles. The fourth-order valence-corrected chi connectivity index (χ4v) is 4.70. The summed E-state index contributed by atoms with van der Waals surface area (Å²) >= 11 is 0. The molecule has 0 saturated carbocycles. The van der Waals surface area contributed by atoms with Crippen LogP contribution in [0.25, 0.3) is 5.69 Å². The second-order valence-corrected chi connectivity index (χ2v) is 8.78. The van der Waals surface area contributed by atoms with Crippen molar-refractivity contribution in [2.75, 3.05) is 31.1 Å². The Labute approximate surface area is 198 Å². The highest BCUT2D eigenvalue weighted by Crippen LogP contribution is 2.20. The number of hydrogen-bond acceptors (Lipinski definition) is 5. The van der Waals surface area contributed by atoms with Gasteiger partial charge in [0.2, 0.25) is 5.91 Å². The highest BCUT2D eigenvalue weighted by molar-refractivity contribution is 5.78. The van der Waals surface area contributed by atoms with Crippen molar-refractivity contribution in [1.82, 2.24) is 23.6 Å². The number of benzene rings is 1. The van der Waals surface area contributed by atoms with Gasteiger partial charge in [-0.05, 0) is 32.9 Å². The normalized spacial score (nSPS) is 14.9. The number of aromatic nitrogens is 4. The lowest BCUT2D eigenvalue weighted by atomic mass is 10.1. The van der Waals surface area contributed by atoms with E-state index in [9.17, 15) is 14.4 Å².